The van der Waals surface area contributed by atoms with Crippen molar-refractivity contribution < 1.29 is 42.6 Å². The minimum absolute atomic E-state index is 0.536. The summed E-state index contributed by atoms with van der Waals surface area (Å²) in [6, 6.07) is 0. The SMILES string of the molecule is BrCCOCCOCCOCCOCCOCCOCCOCCOCCOCCBr. The molecule has 0 saturated carbocycles. The second-order valence-electron chi connectivity index (χ2n) is 5.89. The van der Waals surface area contributed by atoms with Crippen LogP contribution in [0.1, 0.15) is 0 Å². The van der Waals surface area contributed by atoms with E-state index < -0.39 is 0 Å². The molecular weight excluding hydrogens is 544 g/mol. The summed E-state index contributed by atoms with van der Waals surface area (Å²) >= 11 is 6.59. The first kappa shape index (κ1) is 31.6. The highest BCUT2D eigenvalue weighted by Crippen LogP contribution is 1.87. The van der Waals surface area contributed by atoms with Gasteiger partial charge < -0.3 is 42.6 Å². The van der Waals surface area contributed by atoms with E-state index in [1.54, 1.807) is 0 Å². The second-order valence-corrected chi connectivity index (χ2v) is 7.48. The van der Waals surface area contributed by atoms with E-state index in [-0.39, 0.29) is 0 Å². The highest BCUT2D eigenvalue weighted by atomic mass is 79.9. The van der Waals surface area contributed by atoms with Gasteiger partial charge in [0, 0.05) is 10.7 Å². The molecule has 0 aliphatic rings. The summed E-state index contributed by atoms with van der Waals surface area (Å²) in [7, 11) is 0. The molecule has 0 radical (unpaired) electrons. The number of ether oxygens (including phenoxy) is 9. The zero-order chi connectivity index (χ0) is 22.5. The Morgan fingerprint density at radius 2 is 0.355 bits per heavy atom. The number of hydrogen-bond donors (Lipinski definition) is 0. The molecule has 0 aliphatic heterocycles. The van der Waals surface area contributed by atoms with Gasteiger partial charge in [-0.05, 0) is 0 Å². The van der Waals surface area contributed by atoms with Crippen LogP contribution in [0.2, 0.25) is 0 Å². The molecular formula is C20H40Br2O9. The molecule has 0 spiro atoms. The van der Waals surface area contributed by atoms with Gasteiger partial charge in [0.25, 0.3) is 0 Å². The Kier molecular flexibility index (Phi) is 31.2. The summed E-state index contributed by atoms with van der Waals surface area (Å²) < 4.78 is 48.4. The summed E-state index contributed by atoms with van der Waals surface area (Å²) in [5.74, 6) is 0. The molecule has 0 aromatic heterocycles. The van der Waals surface area contributed by atoms with Crippen molar-refractivity contribution in [2.45, 2.75) is 0 Å². The lowest BCUT2D eigenvalue weighted by Crippen LogP contribution is -2.15. The van der Waals surface area contributed by atoms with E-state index in [9.17, 15) is 0 Å². The number of hydrogen-bond acceptors (Lipinski definition) is 9. The van der Waals surface area contributed by atoms with Gasteiger partial charge in [-0.3, -0.25) is 0 Å². The van der Waals surface area contributed by atoms with Crippen LogP contribution in [0.4, 0.5) is 0 Å². The van der Waals surface area contributed by atoms with Crippen molar-refractivity contribution in [3.05, 3.63) is 0 Å². The van der Waals surface area contributed by atoms with Gasteiger partial charge in [-0.1, -0.05) is 31.9 Å². The van der Waals surface area contributed by atoms with Crippen molar-refractivity contribution in [1.82, 2.24) is 0 Å². The van der Waals surface area contributed by atoms with Gasteiger partial charge in [0.15, 0.2) is 0 Å². The van der Waals surface area contributed by atoms with Crippen LogP contribution in [0.3, 0.4) is 0 Å². The third-order valence-corrected chi connectivity index (χ3v) is 4.07. The van der Waals surface area contributed by atoms with E-state index in [0.29, 0.717) is 119 Å². The zero-order valence-electron chi connectivity index (χ0n) is 18.6. The van der Waals surface area contributed by atoms with Crippen molar-refractivity contribution >= 4 is 31.9 Å². The molecule has 0 fully saturated rings. The van der Waals surface area contributed by atoms with Crippen LogP contribution >= 0.6 is 31.9 Å². The summed E-state index contributed by atoms with van der Waals surface area (Å²) in [6.07, 6.45) is 0. The molecule has 0 rings (SSSR count). The quantitative estimate of drug-likeness (QED) is 0.101. The monoisotopic (exact) mass is 582 g/mol. The van der Waals surface area contributed by atoms with Crippen molar-refractivity contribution in [3.63, 3.8) is 0 Å². The first-order valence-electron chi connectivity index (χ1n) is 10.7. The van der Waals surface area contributed by atoms with Crippen molar-refractivity contribution in [1.29, 1.82) is 0 Å². The van der Waals surface area contributed by atoms with Gasteiger partial charge in [-0.2, -0.15) is 0 Å². The second kappa shape index (κ2) is 30.6. The van der Waals surface area contributed by atoms with Gasteiger partial charge >= 0.3 is 0 Å². The average Bonchev–Trinajstić information content (AvgIpc) is 2.78. The minimum Gasteiger partial charge on any atom is -0.378 e. The zero-order valence-corrected chi connectivity index (χ0v) is 21.7. The van der Waals surface area contributed by atoms with E-state index in [2.05, 4.69) is 31.9 Å². The predicted molar refractivity (Wildman–Crippen MR) is 125 cm³/mol. The molecule has 9 nitrogen and oxygen atoms in total. The Hall–Kier alpha value is 0.600. The Bertz CT molecular complexity index is 290. The highest BCUT2D eigenvalue weighted by molar-refractivity contribution is 9.09. The van der Waals surface area contributed by atoms with Gasteiger partial charge in [0.05, 0.1) is 119 Å². The first-order valence-corrected chi connectivity index (χ1v) is 13.0. The van der Waals surface area contributed by atoms with E-state index in [0.717, 1.165) is 10.7 Å². The molecule has 0 heterocycles. The van der Waals surface area contributed by atoms with Crippen molar-refractivity contribution in [3.8, 4) is 0 Å². The molecule has 0 aromatic rings. The van der Waals surface area contributed by atoms with Crippen LogP contribution in [0, 0.1) is 0 Å². The lowest BCUT2D eigenvalue weighted by molar-refractivity contribution is -0.0245. The smallest absolute Gasteiger partial charge is 0.0701 e. The Labute approximate surface area is 203 Å². The average molecular weight is 584 g/mol. The van der Waals surface area contributed by atoms with E-state index in [1.807, 2.05) is 0 Å². The molecule has 11 heteroatoms. The standard InChI is InChI=1S/C20H40Br2O9/c21-1-3-23-5-7-25-9-11-27-13-15-29-17-19-31-20-18-30-16-14-28-12-10-26-8-6-24-4-2-22/h1-20H2. The Morgan fingerprint density at radius 1 is 0.226 bits per heavy atom. The van der Waals surface area contributed by atoms with Crippen LogP contribution in [0.25, 0.3) is 0 Å². The molecule has 31 heavy (non-hydrogen) atoms. The van der Waals surface area contributed by atoms with Crippen LogP contribution in [0.15, 0.2) is 0 Å². The molecule has 0 atom stereocenters. The normalized spacial score (nSPS) is 11.4. The van der Waals surface area contributed by atoms with Crippen LogP contribution < -0.4 is 0 Å². The molecule has 0 N–H and O–H groups in total. The maximum atomic E-state index is 5.43. The molecule has 0 saturated heterocycles. The lowest BCUT2D eigenvalue weighted by Gasteiger charge is -2.08. The van der Waals surface area contributed by atoms with Gasteiger partial charge in [0.2, 0.25) is 0 Å². The van der Waals surface area contributed by atoms with Crippen LogP contribution in [-0.2, 0) is 42.6 Å². The minimum atomic E-state index is 0.536. The maximum absolute atomic E-state index is 5.43. The number of alkyl halides is 2. The van der Waals surface area contributed by atoms with Crippen LogP contribution in [-0.4, -0.2) is 130 Å². The summed E-state index contributed by atoms with van der Waals surface area (Å²) in [6.45, 7) is 10.3. The topological polar surface area (TPSA) is 83.1 Å². The maximum Gasteiger partial charge on any atom is 0.0701 e. The molecule has 0 aliphatic carbocycles. The Balaban J connectivity index is 2.98. The van der Waals surface area contributed by atoms with Gasteiger partial charge in [0.1, 0.15) is 0 Å². The van der Waals surface area contributed by atoms with E-state index in [4.69, 9.17) is 42.6 Å². The fraction of sp³-hybridized carbons (Fsp3) is 1.00. The third-order valence-electron chi connectivity index (χ3n) is 3.42. The highest BCUT2D eigenvalue weighted by Gasteiger charge is 1.95. The predicted octanol–water partition coefficient (Wildman–Crippen LogP) is 1.93. The fourth-order valence-electron chi connectivity index (χ4n) is 1.97. The molecule has 0 bridgehead atoms. The largest absolute Gasteiger partial charge is 0.378 e. The Morgan fingerprint density at radius 3 is 0.484 bits per heavy atom. The third kappa shape index (κ3) is 30.6. The van der Waals surface area contributed by atoms with E-state index in [1.165, 1.54) is 0 Å². The summed E-state index contributed by atoms with van der Waals surface area (Å²) in [5, 5.41) is 1.69. The molecule has 0 unspecified atom stereocenters. The van der Waals surface area contributed by atoms with Gasteiger partial charge in [-0.15, -0.1) is 0 Å². The molecule has 0 amide bonds. The van der Waals surface area contributed by atoms with Crippen LogP contribution in [0.5, 0.6) is 0 Å². The number of halogens is 2. The fourth-order valence-corrected chi connectivity index (χ4v) is 2.43. The van der Waals surface area contributed by atoms with Gasteiger partial charge in [-0.25, -0.2) is 0 Å². The summed E-state index contributed by atoms with van der Waals surface area (Å²) in [5.41, 5.74) is 0. The molecule has 0 aromatic carbocycles. The molecule has 188 valence electrons. The first-order chi connectivity index (χ1) is 15.4. The summed E-state index contributed by atoms with van der Waals surface area (Å²) in [4.78, 5) is 0. The van der Waals surface area contributed by atoms with E-state index >= 15 is 0 Å². The van der Waals surface area contributed by atoms with Crippen molar-refractivity contribution in [2.75, 3.05) is 130 Å². The van der Waals surface area contributed by atoms with Crippen molar-refractivity contribution in [2.24, 2.45) is 0 Å². The lowest BCUT2D eigenvalue weighted by atomic mass is 10.6. The number of rotatable bonds is 28.